The van der Waals surface area contributed by atoms with E-state index in [2.05, 4.69) is 29.6 Å². The van der Waals surface area contributed by atoms with E-state index in [9.17, 15) is 14.4 Å². The molecule has 0 spiro atoms. The summed E-state index contributed by atoms with van der Waals surface area (Å²) >= 11 is 0. The Balaban J connectivity index is 1.41. The fourth-order valence-electron chi connectivity index (χ4n) is 5.40. The van der Waals surface area contributed by atoms with Crippen LogP contribution >= 0.6 is 0 Å². The molecule has 2 amide bonds. The van der Waals surface area contributed by atoms with E-state index >= 15 is 0 Å². The highest BCUT2D eigenvalue weighted by molar-refractivity contribution is 5.86. The zero-order valence-corrected chi connectivity index (χ0v) is 20.6. The Morgan fingerprint density at radius 1 is 1.03 bits per heavy atom. The van der Waals surface area contributed by atoms with Gasteiger partial charge in [-0.2, -0.15) is 0 Å². The van der Waals surface area contributed by atoms with Crippen molar-refractivity contribution in [3.05, 3.63) is 59.7 Å². The van der Waals surface area contributed by atoms with E-state index in [1.807, 2.05) is 45.0 Å². The number of hydrogen-bond donors (Lipinski definition) is 2. The largest absolute Gasteiger partial charge is 0.481 e. The molecule has 1 aliphatic heterocycles. The minimum absolute atomic E-state index is 0.0413. The van der Waals surface area contributed by atoms with Gasteiger partial charge < -0.3 is 20.1 Å². The molecule has 1 heterocycles. The molecule has 2 aromatic rings. The fourth-order valence-corrected chi connectivity index (χ4v) is 5.40. The second-order valence-electron chi connectivity index (χ2n) is 10.2. The summed E-state index contributed by atoms with van der Waals surface area (Å²) in [5, 5.41) is 12.0. The van der Waals surface area contributed by atoms with E-state index in [0.717, 1.165) is 22.3 Å². The molecule has 2 unspecified atom stereocenters. The highest BCUT2D eigenvalue weighted by atomic mass is 16.5. The lowest BCUT2D eigenvalue weighted by atomic mass is 9.95. The molecule has 0 bridgehead atoms. The molecule has 2 N–H and O–H groups in total. The maximum atomic E-state index is 13.3. The average Bonchev–Trinajstić information content (AvgIpc) is 3.33. The van der Waals surface area contributed by atoms with Gasteiger partial charge in [-0.05, 0) is 46.4 Å². The first kappa shape index (κ1) is 24.8. The number of fused-ring (bicyclic) bond motifs is 3. The van der Waals surface area contributed by atoms with Crippen molar-refractivity contribution in [2.45, 2.75) is 45.6 Å². The standard InChI is InChI=1S/C28H34N2O5/c1-17(2)12-25(27(33)30-14-18(3)19(15-30)13-26(31)32)29-28(34)35-16-24-22-10-6-4-8-20(22)21-9-5-7-11-23(21)24/h4-11,17-19,24-25H,12-16H2,1-3H3,(H,29,34)(H,31,32)/t18?,19?,25-/m1/s1. The number of carbonyl (C=O) groups is 3. The maximum Gasteiger partial charge on any atom is 0.407 e. The van der Waals surface area contributed by atoms with Crippen LogP contribution in [0.15, 0.2) is 48.5 Å². The molecule has 0 aromatic heterocycles. The molecule has 4 rings (SSSR count). The summed E-state index contributed by atoms with van der Waals surface area (Å²) in [7, 11) is 0. The normalized spacial score (nSPS) is 19.8. The quantitative estimate of drug-likeness (QED) is 0.582. The van der Waals surface area contributed by atoms with Gasteiger partial charge in [-0.1, -0.05) is 69.3 Å². The monoisotopic (exact) mass is 478 g/mol. The molecular weight excluding hydrogens is 444 g/mol. The van der Waals surface area contributed by atoms with Crippen molar-refractivity contribution in [2.75, 3.05) is 19.7 Å². The molecule has 2 aliphatic rings. The Bertz CT molecular complexity index is 1050. The van der Waals surface area contributed by atoms with Crippen LogP contribution in [0.2, 0.25) is 0 Å². The zero-order valence-electron chi connectivity index (χ0n) is 20.6. The van der Waals surface area contributed by atoms with Crippen LogP contribution < -0.4 is 5.32 Å². The number of carbonyl (C=O) groups excluding carboxylic acids is 2. The first-order valence-corrected chi connectivity index (χ1v) is 12.4. The lowest BCUT2D eigenvalue weighted by molar-refractivity contribution is -0.139. The Labute approximate surface area is 206 Å². The summed E-state index contributed by atoms with van der Waals surface area (Å²) in [5.74, 6) is -0.871. The van der Waals surface area contributed by atoms with Gasteiger partial charge in [0.1, 0.15) is 12.6 Å². The van der Waals surface area contributed by atoms with Crippen LogP contribution in [0, 0.1) is 17.8 Å². The predicted octanol–water partition coefficient (Wildman–Crippen LogP) is 4.51. The molecule has 2 aromatic carbocycles. The number of amides is 2. The lowest BCUT2D eigenvalue weighted by Gasteiger charge is -2.26. The summed E-state index contributed by atoms with van der Waals surface area (Å²) in [6.07, 6.45) is -0.0860. The first-order chi connectivity index (χ1) is 16.7. The molecule has 1 saturated heterocycles. The summed E-state index contributed by atoms with van der Waals surface area (Å²) in [4.78, 5) is 39.0. The summed E-state index contributed by atoms with van der Waals surface area (Å²) in [6, 6.07) is 15.6. The molecule has 0 saturated carbocycles. The van der Waals surface area contributed by atoms with Crippen molar-refractivity contribution in [1.82, 2.24) is 10.2 Å². The fraction of sp³-hybridized carbons (Fsp3) is 0.464. The van der Waals surface area contributed by atoms with Crippen molar-refractivity contribution in [3.8, 4) is 11.1 Å². The average molecular weight is 479 g/mol. The van der Waals surface area contributed by atoms with Gasteiger partial charge in [0.2, 0.25) is 5.91 Å². The molecule has 186 valence electrons. The Hall–Kier alpha value is -3.35. The number of ether oxygens (including phenoxy) is 1. The van der Waals surface area contributed by atoms with Crippen LogP contribution in [0.5, 0.6) is 0 Å². The van der Waals surface area contributed by atoms with Crippen molar-refractivity contribution < 1.29 is 24.2 Å². The predicted molar refractivity (Wildman–Crippen MR) is 133 cm³/mol. The summed E-state index contributed by atoms with van der Waals surface area (Å²) in [6.45, 7) is 7.05. The highest BCUT2D eigenvalue weighted by Crippen LogP contribution is 2.44. The highest BCUT2D eigenvalue weighted by Gasteiger charge is 2.37. The van der Waals surface area contributed by atoms with Crippen LogP contribution in [-0.2, 0) is 14.3 Å². The number of alkyl carbamates (subject to hydrolysis) is 1. The third-order valence-corrected chi connectivity index (χ3v) is 7.16. The topological polar surface area (TPSA) is 95.9 Å². The number of rotatable bonds is 8. The van der Waals surface area contributed by atoms with Crippen molar-refractivity contribution >= 4 is 18.0 Å². The third-order valence-electron chi connectivity index (χ3n) is 7.16. The summed E-state index contributed by atoms with van der Waals surface area (Å²) in [5.41, 5.74) is 4.58. The Morgan fingerprint density at radius 3 is 2.20 bits per heavy atom. The third kappa shape index (κ3) is 5.50. The van der Waals surface area contributed by atoms with Gasteiger partial charge in [-0.25, -0.2) is 4.79 Å². The van der Waals surface area contributed by atoms with E-state index in [-0.39, 0.29) is 42.6 Å². The van der Waals surface area contributed by atoms with Gasteiger partial charge in [0.25, 0.3) is 0 Å². The molecule has 0 radical (unpaired) electrons. The van der Waals surface area contributed by atoms with Crippen LogP contribution in [0.4, 0.5) is 4.79 Å². The van der Waals surface area contributed by atoms with Gasteiger partial charge in [-0.3, -0.25) is 9.59 Å². The number of carboxylic acids is 1. The smallest absolute Gasteiger partial charge is 0.407 e. The lowest BCUT2D eigenvalue weighted by Crippen LogP contribution is -2.49. The number of nitrogens with zero attached hydrogens (tertiary/aromatic N) is 1. The van der Waals surface area contributed by atoms with E-state index in [0.29, 0.717) is 19.5 Å². The van der Waals surface area contributed by atoms with Crippen molar-refractivity contribution in [3.63, 3.8) is 0 Å². The van der Waals surface area contributed by atoms with E-state index in [1.165, 1.54) is 0 Å². The van der Waals surface area contributed by atoms with Crippen LogP contribution in [0.1, 0.15) is 50.7 Å². The number of hydrogen-bond acceptors (Lipinski definition) is 4. The van der Waals surface area contributed by atoms with Gasteiger partial charge in [0.15, 0.2) is 0 Å². The SMILES string of the molecule is CC(C)C[C@@H](NC(=O)OCC1c2ccccc2-c2ccccc21)C(=O)N1CC(C)C(CC(=O)O)C1. The van der Waals surface area contributed by atoms with Gasteiger partial charge in [0, 0.05) is 19.0 Å². The minimum Gasteiger partial charge on any atom is -0.481 e. The number of benzene rings is 2. The Morgan fingerprint density at radius 2 is 1.63 bits per heavy atom. The van der Waals surface area contributed by atoms with Gasteiger partial charge >= 0.3 is 12.1 Å². The zero-order chi connectivity index (χ0) is 25.1. The van der Waals surface area contributed by atoms with E-state index in [1.54, 1.807) is 4.90 Å². The van der Waals surface area contributed by atoms with Crippen molar-refractivity contribution in [2.24, 2.45) is 17.8 Å². The molecule has 1 fully saturated rings. The molecule has 35 heavy (non-hydrogen) atoms. The molecular formula is C28H34N2O5. The minimum atomic E-state index is -0.855. The van der Waals surface area contributed by atoms with Gasteiger partial charge in [-0.15, -0.1) is 0 Å². The van der Waals surface area contributed by atoms with Crippen LogP contribution in [0.25, 0.3) is 11.1 Å². The number of nitrogens with one attached hydrogen (secondary N) is 1. The maximum absolute atomic E-state index is 13.3. The van der Waals surface area contributed by atoms with E-state index in [4.69, 9.17) is 9.84 Å². The number of carboxylic acid groups (broad SMARTS) is 1. The number of aliphatic carboxylic acids is 1. The van der Waals surface area contributed by atoms with Crippen molar-refractivity contribution in [1.29, 1.82) is 0 Å². The molecule has 3 atom stereocenters. The number of likely N-dealkylation sites (tertiary alicyclic amines) is 1. The van der Waals surface area contributed by atoms with Gasteiger partial charge in [0.05, 0.1) is 6.42 Å². The second kappa shape index (κ2) is 10.5. The molecule has 7 nitrogen and oxygen atoms in total. The first-order valence-electron chi connectivity index (χ1n) is 12.4. The van der Waals surface area contributed by atoms with Crippen LogP contribution in [-0.4, -0.2) is 53.7 Å². The van der Waals surface area contributed by atoms with E-state index < -0.39 is 18.1 Å². The Kier molecular flexibility index (Phi) is 7.43. The summed E-state index contributed by atoms with van der Waals surface area (Å²) < 4.78 is 5.66. The molecule has 1 aliphatic carbocycles. The van der Waals surface area contributed by atoms with Crippen LogP contribution in [0.3, 0.4) is 0 Å². The molecule has 7 heteroatoms. The second-order valence-corrected chi connectivity index (χ2v) is 10.2.